The van der Waals surface area contributed by atoms with Crippen LogP contribution in [0.2, 0.25) is 0 Å². The van der Waals surface area contributed by atoms with Crippen molar-refractivity contribution in [1.29, 1.82) is 0 Å². The number of benzene rings is 3. The molecule has 5 heteroatoms. The SMILES string of the molecule is CCOC(=O)CCCOc1ccc(C(c2c[nH]c3ccccc23)c2c[nH]c3ccccc23)cc1. The zero-order valence-electron chi connectivity index (χ0n) is 19.2. The number of aromatic amines is 2. The molecule has 2 N–H and O–H groups in total. The molecule has 5 nitrogen and oxygen atoms in total. The number of rotatable bonds is 9. The Labute approximate surface area is 198 Å². The number of carbonyl (C=O) groups is 1. The zero-order valence-corrected chi connectivity index (χ0v) is 19.2. The lowest BCUT2D eigenvalue weighted by Gasteiger charge is -2.18. The summed E-state index contributed by atoms with van der Waals surface area (Å²) in [5, 5.41) is 2.44. The molecule has 0 aliphatic rings. The van der Waals surface area contributed by atoms with Crippen LogP contribution in [0.4, 0.5) is 0 Å². The van der Waals surface area contributed by atoms with E-state index >= 15 is 0 Å². The Morgan fingerprint density at radius 3 is 2.00 bits per heavy atom. The van der Waals surface area contributed by atoms with Crippen molar-refractivity contribution in [3.63, 3.8) is 0 Å². The summed E-state index contributed by atoms with van der Waals surface area (Å²) in [6.07, 6.45) is 5.25. The molecule has 172 valence electrons. The molecule has 0 saturated carbocycles. The van der Waals surface area contributed by atoms with Crippen LogP contribution < -0.4 is 4.74 Å². The first kappa shape index (κ1) is 21.8. The van der Waals surface area contributed by atoms with Gasteiger partial charge < -0.3 is 19.4 Å². The molecule has 0 bridgehead atoms. The van der Waals surface area contributed by atoms with Crippen LogP contribution in [-0.2, 0) is 9.53 Å². The predicted molar refractivity (Wildman–Crippen MR) is 135 cm³/mol. The molecule has 0 radical (unpaired) electrons. The second kappa shape index (κ2) is 9.87. The van der Waals surface area contributed by atoms with E-state index in [1.165, 1.54) is 27.5 Å². The molecule has 0 fully saturated rings. The Balaban J connectivity index is 1.44. The first-order valence-corrected chi connectivity index (χ1v) is 11.7. The van der Waals surface area contributed by atoms with E-state index in [2.05, 4.69) is 83.0 Å². The minimum absolute atomic E-state index is 0.0603. The van der Waals surface area contributed by atoms with E-state index in [1.807, 2.05) is 19.1 Å². The second-order valence-corrected chi connectivity index (χ2v) is 8.34. The molecule has 0 spiro atoms. The van der Waals surface area contributed by atoms with Crippen LogP contribution in [0.15, 0.2) is 85.2 Å². The lowest BCUT2D eigenvalue weighted by molar-refractivity contribution is -0.143. The van der Waals surface area contributed by atoms with Gasteiger partial charge in [-0.15, -0.1) is 0 Å². The number of hydrogen-bond acceptors (Lipinski definition) is 3. The smallest absolute Gasteiger partial charge is 0.305 e. The lowest BCUT2D eigenvalue weighted by Crippen LogP contribution is -2.07. The summed E-state index contributed by atoms with van der Waals surface area (Å²) in [6.45, 7) is 2.71. The summed E-state index contributed by atoms with van der Waals surface area (Å²) >= 11 is 0. The Bertz CT molecular complexity index is 1320. The van der Waals surface area contributed by atoms with E-state index in [1.54, 1.807) is 0 Å². The van der Waals surface area contributed by atoms with Gasteiger partial charge in [-0.3, -0.25) is 4.79 Å². The molecule has 0 saturated heterocycles. The second-order valence-electron chi connectivity index (χ2n) is 8.34. The van der Waals surface area contributed by atoms with Gasteiger partial charge in [0.05, 0.1) is 13.2 Å². The molecule has 5 aromatic rings. The molecule has 5 rings (SSSR count). The van der Waals surface area contributed by atoms with Crippen LogP contribution >= 0.6 is 0 Å². The Kier molecular flexibility index (Phi) is 6.34. The van der Waals surface area contributed by atoms with Gasteiger partial charge in [0.25, 0.3) is 0 Å². The van der Waals surface area contributed by atoms with Crippen molar-refractivity contribution in [3.05, 3.63) is 102 Å². The van der Waals surface area contributed by atoms with Crippen molar-refractivity contribution in [2.45, 2.75) is 25.7 Å². The molecule has 2 heterocycles. The number of esters is 1. The number of hydrogen-bond donors (Lipinski definition) is 2. The van der Waals surface area contributed by atoms with Gasteiger partial charge >= 0.3 is 5.97 Å². The van der Waals surface area contributed by atoms with E-state index in [9.17, 15) is 4.79 Å². The van der Waals surface area contributed by atoms with Gasteiger partial charge in [0, 0.05) is 46.5 Å². The highest BCUT2D eigenvalue weighted by Gasteiger charge is 2.23. The highest BCUT2D eigenvalue weighted by Crippen LogP contribution is 2.39. The summed E-state index contributed by atoms with van der Waals surface area (Å²) in [5.41, 5.74) is 5.92. The van der Waals surface area contributed by atoms with Crippen LogP contribution in [-0.4, -0.2) is 29.2 Å². The van der Waals surface area contributed by atoms with Gasteiger partial charge in [0.1, 0.15) is 5.75 Å². The molecule has 0 atom stereocenters. The Morgan fingerprint density at radius 2 is 1.41 bits per heavy atom. The fraction of sp³-hybridized carbons (Fsp3) is 0.207. The lowest BCUT2D eigenvalue weighted by atomic mass is 9.85. The number of ether oxygens (including phenoxy) is 2. The van der Waals surface area contributed by atoms with Crippen LogP contribution in [0.3, 0.4) is 0 Å². The highest BCUT2D eigenvalue weighted by molar-refractivity contribution is 5.89. The maximum atomic E-state index is 11.5. The normalized spacial score (nSPS) is 11.4. The number of fused-ring (bicyclic) bond motifs is 2. The van der Waals surface area contributed by atoms with Gasteiger partial charge in [-0.05, 0) is 54.3 Å². The van der Waals surface area contributed by atoms with Crippen molar-refractivity contribution in [2.75, 3.05) is 13.2 Å². The van der Waals surface area contributed by atoms with Crippen molar-refractivity contribution in [2.24, 2.45) is 0 Å². The third-order valence-corrected chi connectivity index (χ3v) is 6.18. The fourth-order valence-electron chi connectivity index (χ4n) is 4.59. The Morgan fingerprint density at radius 1 is 0.824 bits per heavy atom. The van der Waals surface area contributed by atoms with Crippen molar-refractivity contribution >= 4 is 27.8 Å². The first-order chi connectivity index (χ1) is 16.7. The monoisotopic (exact) mass is 452 g/mol. The summed E-state index contributed by atoms with van der Waals surface area (Å²) < 4.78 is 10.8. The summed E-state index contributed by atoms with van der Waals surface area (Å²) in [7, 11) is 0. The van der Waals surface area contributed by atoms with Gasteiger partial charge in [-0.25, -0.2) is 0 Å². The zero-order chi connectivity index (χ0) is 23.3. The fourth-order valence-corrected chi connectivity index (χ4v) is 4.59. The third kappa shape index (κ3) is 4.42. The predicted octanol–water partition coefficient (Wildman–Crippen LogP) is 6.55. The van der Waals surface area contributed by atoms with E-state index in [4.69, 9.17) is 9.47 Å². The van der Waals surface area contributed by atoms with E-state index in [0.29, 0.717) is 26.1 Å². The molecule has 0 amide bonds. The van der Waals surface area contributed by atoms with Crippen molar-refractivity contribution in [1.82, 2.24) is 9.97 Å². The topological polar surface area (TPSA) is 67.1 Å². The number of carbonyl (C=O) groups excluding carboxylic acids is 1. The minimum Gasteiger partial charge on any atom is -0.494 e. The standard InChI is InChI=1S/C29H28N2O3/c1-2-33-28(32)12-7-17-34-21-15-13-20(14-16-21)29(24-18-30-26-10-5-3-8-22(24)26)25-19-31-27-11-6-4-9-23(25)27/h3-6,8-11,13-16,18-19,29-31H,2,7,12,17H2,1H3. The van der Waals surface area contributed by atoms with Crippen molar-refractivity contribution in [3.8, 4) is 5.75 Å². The average molecular weight is 453 g/mol. The van der Waals surface area contributed by atoms with Crippen LogP contribution in [0, 0.1) is 0 Å². The van der Waals surface area contributed by atoms with Crippen LogP contribution in [0.5, 0.6) is 5.75 Å². The molecule has 0 unspecified atom stereocenters. The van der Waals surface area contributed by atoms with E-state index in [0.717, 1.165) is 16.8 Å². The molecule has 0 aliphatic heterocycles. The number of nitrogens with one attached hydrogen (secondary N) is 2. The van der Waals surface area contributed by atoms with Crippen molar-refractivity contribution < 1.29 is 14.3 Å². The average Bonchev–Trinajstić information content (AvgIpc) is 3.49. The molecule has 2 aromatic heterocycles. The van der Waals surface area contributed by atoms with Crippen LogP contribution in [0.1, 0.15) is 42.4 Å². The summed E-state index contributed by atoms with van der Waals surface area (Å²) in [4.78, 5) is 18.4. The number of H-pyrrole nitrogens is 2. The van der Waals surface area contributed by atoms with Gasteiger partial charge in [0.15, 0.2) is 0 Å². The summed E-state index contributed by atoms with van der Waals surface area (Å²) in [5.74, 6) is 0.677. The summed E-state index contributed by atoms with van der Waals surface area (Å²) in [6, 6.07) is 25.1. The maximum Gasteiger partial charge on any atom is 0.305 e. The van der Waals surface area contributed by atoms with Gasteiger partial charge in [0.2, 0.25) is 0 Å². The minimum atomic E-state index is -0.179. The van der Waals surface area contributed by atoms with Gasteiger partial charge in [-0.2, -0.15) is 0 Å². The molecular weight excluding hydrogens is 424 g/mol. The van der Waals surface area contributed by atoms with Gasteiger partial charge in [-0.1, -0.05) is 48.5 Å². The molecule has 0 aliphatic carbocycles. The quantitative estimate of drug-likeness (QED) is 0.197. The van der Waals surface area contributed by atoms with Crippen LogP contribution in [0.25, 0.3) is 21.8 Å². The molecule has 34 heavy (non-hydrogen) atoms. The highest BCUT2D eigenvalue weighted by atomic mass is 16.5. The molecular formula is C29H28N2O3. The number of aromatic nitrogens is 2. The third-order valence-electron chi connectivity index (χ3n) is 6.18. The largest absolute Gasteiger partial charge is 0.494 e. The number of para-hydroxylation sites is 2. The Hall–Kier alpha value is -3.99. The maximum absolute atomic E-state index is 11.5. The first-order valence-electron chi connectivity index (χ1n) is 11.7. The van der Waals surface area contributed by atoms with E-state index < -0.39 is 0 Å². The van der Waals surface area contributed by atoms with E-state index in [-0.39, 0.29) is 11.9 Å². The molecule has 3 aromatic carbocycles.